The highest BCUT2D eigenvalue weighted by molar-refractivity contribution is 7.92. The molecule has 142 valence electrons. The quantitative estimate of drug-likeness (QED) is 0.467. The standard InChI is InChI=1S/C20H15Cl2N3O2S/c1-13-3-2-4-17(9-13)28(26,27)24-16-6-8-19-14(10-16)12-23-25(19)20-7-5-15(21)11-18(20)22/h2-12,24H,1H3. The van der Waals surface area contributed by atoms with E-state index in [0.717, 1.165) is 16.5 Å². The van der Waals surface area contributed by atoms with Crippen LogP contribution in [0.25, 0.3) is 16.6 Å². The van der Waals surface area contributed by atoms with Crippen LogP contribution in [0.4, 0.5) is 5.69 Å². The number of hydrogen-bond acceptors (Lipinski definition) is 3. The van der Waals surface area contributed by atoms with E-state index < -0.39 is 10.0 Å². The number of aryl methyl sites for hydroxylation is 1. The number of rotatable bonds is 4. The smallest absolute Gasteiger partial charge is 0.261 e. The zero-order valence-corrected chi connectivity index (χ0v) is 17.1. The summed E-state index contributed by atoms with van der Waals surface area (Å²) >= 11 is 12.2. The van der Waals surface area contributed by atoms with Gasteiger partial charge in [-0.3, -0.25) is 4.72 Å². The van der Waals surface area contributed by atoms with Gasteiger partial charge in [0, 0.05) is 16.1 Å². The van der Waals surface area contributed by atoms with E-state index in [1.54, 1.807) is 65.5 Å². The summed E-state index contributed by atoms with van der Waals surface area (Å²) in [6.07, 6.45) is 1.66. The van der Waals surface area contributed by atoms with E-state index in [1.807, 2.05) is 13.0 Å². The molecule has 0 atom stereocenters. The maximum Gasteiger partial charge on any atom is 0.261 e. The van der Waals surface area contributed by atoms with E-state index in [4.69, 9.17) is 23.2 Å². The number of anilines is 1. The van der Waals surface area contributed by atoms with Gasteiger partial charge in [0.2, 0.25) is 0 Å². The van der Waals surface area contributed by atoms with Crippen LogP contribution in [0.5, 0.6) is 0 Å². The maximum atomic E-state index is 12.6. The van der Waals surface area contributed by atoms with Crippen LogP contribution in [0.1, 0.15) is 5.56 Å². The molecule has 1 N–H and O–H groups in total. The van der Waals surface area contributed by atoms with Crippen molar-refractivity contribution in [3.63, 3.8) is 0 Å². The molecule has 4 rings (SSSR count). The molecule has 0 aliphatic heterocycles. The minimum Gasteiger partial charge on any atom is -0.280 e. The van der Waals surface area contributed by atoms with Gasteiger partial charge in [-0.15, -0.1) is 0 Å². The lowest BCUT2D eigenvalue weighted by Gasteiger charge is -2.10. The molecule has 0 saturated carbocycles. The van der Waals surface area contributed by atoms with Crippen molar-refractivity contribution >= 4 is 49.8 Å². The molecule has 0 spiro atoms. The van der Waals surface area contributed by atoms with Crippen LogP contribution in [-0.2, 0) is 10.0 Å². The first kappa shape index (κ1) is 18.8. The third kappa shape index (κ3) is 3.58. The molecule has 0 aliphatic carbocycles. The van der Waals surface area contributed by atoms with Crippen molar-refractivity contribution in [3.8, 4) is 5.69 Å². The lowest BCUT2D eigenvalue weighted by atomic mass is 10.2. The fourth-order valence-electron chi connectivity index (χ4n) is 2.94. The molecule has 4 aromatic rings. The number of fused-ring (bicyclic) bond motifs is 1. The van der Waals surface area contributed by atoms with Gasteiger partial charge in [-0.05, 0) is 61.0 Å². The van der Waals surface area contributed by atoms with Gasteiger partial charge in [0.25, 0.3) is 10.0 Å². The molecular weight excluding hydrogens is 417 g/mol. The summed E-state index contributed by atoms with van der Waals surface area (Å²) in [6, 6.07) is 17.1. The van der Waals surface area contributed by atoms with Gasteiger partial charge in [0.05, 0.1) is 27.3 Å². The largest absolute Gasteiger partial charge is 0.280 e. The van der Waals surface area contributed by atoms with Crippen molar-refractivity contribution < 1.29 is 8.42 Å². The van der Waals surface area contributed by atoms with Crippen LogP contribution < -0.4 is 4.72 Å². The van der Waals surface area contributed by atoms with Gasteiger partial charge in [0.1, 0.15) is 0 Å². The molecule has 0 fully saturated rings. The Kier molecular flexibility index (Phi) is 4.79. The van der Waals surface area contributed by atoms with Crippen molar-refractivity contribution in [1.29, 1.82) is 0 Å². The second-order valence-electron chi connectivity index (χ2n) is 6.35. The Balaban J connectivity index is 1.70. The number of nitrogens with one attached hydrogen (secondary N) is 1. The van der Waals surface area contributed by atoms with E-state index in [9.17, 15) is 8.42 Å². The Hall–Kier alpha value is -2.54. The molecule has 8 heteroatoms. The van der Waals surface area contributed by atoms with E-state index in [1.165, 1.54) is 0 Å². The fourth-order valence-corrected chi connectivity index (χ4v) is 4.58. The van der Waals surface area contributed by atoms with E-state index >= 15 is 0 Å². The number of sulfonamides is 1. The Bertz CT molecular complexity index is 1300. The highest BCUT2D eigenvalue weighted by Crippen LogP contribution is 2.28. The Morgan fingerprint density at radius 2 is 1.82 bits per heavy atom. The molecule has 0 aliphatic rings. The molecule has 3 aromatic carbocycles. The van der Waals surface area contributed by atoms with Crippen molar-refractivity contribution in [3.05, 3.63) is 82.5 Å². The van der Waals surface area contributed by atoms with Crippen LogP contribution in [0.2, 0.25) is 10.0 Å². The molecule has 0 amide bonds. The van der Waals surface area contributed by atoms with Crippen LogP contribution in [-0.4, -0.2) is 18.2 Å². The molecule has 0 bridgehead atoms. The number of halogens is 2. The van der Waals surface area contributed by atoms with Gasteiger partial charge in [-0.2, -0.15) is 5.10 Å². The topological polar surface area (TPSA) is 64.0 Å². The van der Waals surface area contributed by atoms with Gasteiger partial charge in [-0.25, -0.2) is 13.1 Å². The highest BCUT2D eigenvalue weighted by atomic mass is 35.5. The van der Waals surface area contributed by atoms with Gasteiger partial charge in [0.15, 0.2) is 0 Å². The monoisotopic (exact) mass is 431 g/mol. The van der Waals surface area contributed by atoms with Crippen LogP contribution >= 0.6 is 23.2 Å². The number of benzene rings is 3. The first-order valence-electron chi connectivity index (χ1n) is 8.36. The van der Waals surface area contributed by atoms with Crippen LogP contribution in [0.15, 0.2) is 71.8 Å². The second-order valence-corrected chi connectivity index (χ2v) is 8.87. The minimum absolute atomic E-state index is 0.219. The average Bonchev–Trinajstić information content (AvgIpc) is 3.04. The van der Waals surface area contributed by atoms with Gasteiger partial charge < -0.3 is 0 Å². The molecule has 0 saturated heterocycles. The summed E-state index contributed by atoms with van der Waals surface area (Å²) in [5.74, 6) is 0. The van der Waals surface area contributed by atoms with Crippen LogP contribution in [0, 0.1) is 6.92 Å². The highest BCUT2D eigenvalue weighted by Gasteiger charge is 2.15. The predicted octanol–water partition coefficient (Wildman–Crippen LogP) is 5.44. The summed E-state index contributed by atoms with van der Waals surface area (Å²) in [5.41, 5.74) is 2.81. The van der Waals surface area contributed by atoms with E-state index in [2.05, 4.69) is 9.82 Å². The third-order valence-electron chi connectivity index (χ3n) is 4.26. The van der Waals surface area contributed by atoms with Gasteiger partial charge in [-0.1, -0.05) is 35.3 Å². The van der Waals surface area contributed by atoms with E-state index in [0.29, 0.717) is 21.4 Å². The van der Waals surface area contributed by atoms with Crippen LogP contribution in [0.3, 0.4) is 0 Å². The summed E-state index contributed by atoms with van der Waals surface area (Å²) in [4.78, 5) is 0.219. The SMILES string of the molecule is Cc1cccc(S(=O)(=O)Nc2ccc3c(cnn3-c3ccc(Cl)cc3Cl)c2)c1. The summed E-state index contributed by atoms with van der Waals surface area (Å²) in [5, 5.41) is 6.16. The van der Waals surface area contributed by atoms with Crippen molar-refractivity contribution in [2.45, 2.75) is 11.8 Å². The zero-order valence-electron chi connectivity index (χ0n) is 14.7. The first-order valence-corrected chi connectivity index (χ1v) is 10.6. The second kappa shape index (κ2) is 7.13. The zero-order chi connectivity index (χ0) is 19.9. The predicted molar refractivity (Wildman–Crippen MR) is 113 cm³/mol. The number of aromatic nitrogens is 2. The molecule has 0 radical (unpaired) electrons. The summed E-state index contributed by atoms with van der Waals surface area (Å²) in [7, 11) is -3.67. The lowest BCUT2D eigenvalue weighted by Crippen LogP contribution is -2.13. The van der Waals surface area contributed by atoms with Crippen molar-refractivity contribution in [2.75, 3.05) is 4.72 Å². The molecule has 1 heterocycles. The Morgan fingerprint density at radius 1 is 1.00 bits per heavy atom. The summed E-state index contributed by atoms with van der Waals surface area (Å²) in [6.45, 7) is 1.85. The van der Waals surface area contributed by atoms with Crippen molar-refractivity contribution in [2.24, 2.45) is 0 Å². The molecule has 1 aromatic heterocycles. The molecule has 5 nitrogen and oxygen atoms in total. The fraction of sp³-hybridized carbons (Fsp3) is 0.0500. The normalized spacial score (nSPS) is 11.7. The number of nitrogens with zero attached hydrogens (tertiary/aromatic N) is 2. The van der Waals surface area contributed by atoms with Crippen molar-refractivity contribution in [1.82, 2.24) is 9.78 Å². The molecular formula is C20H15Cl2N3O2S. The average molecular weight is 432 g/mol. The molecule has 28 heavy (non-hydrogen) atoms. The summed E-state index contributed by atoms with van der Waals surface area (Å²) < 4.78 is 29.6. The molecule has 0 unspecified atom stereocenters. The Morgan fingerprint density at radius 3 is 2.57 bits per heavy atom. The minimum atomic E-state index is -3.67. The lowest BCUT2D eigenvalue weighted by molar-refractivity contribution is 0.601. The van der Waals surface area contributed by atoms with Gasteiger partial charge >= 0.3 is 0 Å². The first-order chi connectivity index (χ1) is 13.3. The Labute approximate surface area is 172 Å². The third-order valence-corrected chi connectivity index (χ3v) is 6.17. The number of hydrogen-bond donors (Lipinski definition) is 1. The van der Waals surface area contributed by atoms with E-state index in [-0.39, 0.29) is 4.90 Å². The maximum absolute atomic E-state index is 12.6.